The Morgan fingerprint density at radius 1 is 1.21 bits per heavy atom. The maximum Gasteiger partial charge on any atom is 0.173 e. The topological polar surface area (TPSA) is 43.4 Å². The molecule has 3 nitrogen and oxygen atoms in total. The maximum atomic E-state index is 12.3. The standard InChI is InChI=1S/C16H20O3/c1-11(2)19-13-9-7-12(8-10-13)16(18)14-5-3-4-6-15(14)17/h7-11,14H,3-6H2,1-2H3. The van der Waals surface area contributed by atoms with E-state index in [4.69, 9.17) is 4.74 Å². The SMILES string of the molecule is CC(C)Oc1ccc(C(=O)C2CCCCC2=O)cc1. The van der Waals surface area contributed by atoms with Crippen molar-refractivity contribution in [1.82, 2.24) is 0 Å². The minimum Gasteiger partial charge on any atom is -0.491 e. The average Bonchev–Trinajstić information content (AvgIpc) is 2.39. The van der Waals surface area contributed by atoms with Crippen LogP contribution < -0.4 is 4.74 Å². The Balaban J connectivity index is 2.08. The smallest absolute Gasteiger partial charge is 0.173 e. The summed E-state index contributed by atoms with van der Waals surface area (Å²) in [5, 5.41) is 0. The molecule has 1 aliphatic carbocycles. The molecular weight excluding hydrogens is 240 g/mol. The van der Waals surface area contributed by atoms with E-state index in [0.29, 0.717) is 18.4 Å². The highest BCUT2D eigenvalue weighted by atomic mass is 16.5. The number of carbonyl (C=O) groups excluding carboxylic acids is 2. The number of hydrogen-bond donors (Lipinski definition) is 0. The molecule has 0 N–H and O–H groups in total. The molecule has 1 unspecified atom stereocenters. The Labute approximate surface area is 114 Å². The summed E-state index contributed by atoms with van der Waals surface area (Å²) in [4.78, 5) is 24.1. The highest BCUT2D eigenvalue weighted by molar-refractivity contribution is 6.10. The molecular formula is C16H20O3. The van der Waals surface area contributed by atoms with Crippen LogP contribution in [0.3, 0.4) is 0 Å². The van der Waals surface area contributed by atoms with E-state index in [1.54, 1.807) is 24.3 Å². The Morgan fingerprint density at radius 2 is 1.89 bits per heavy atom. The van der Waals surface area contributed by atoms with Crippen molar-refractivity contribution >= 4 is 11.6 Å². The molecule has 0 amide bonds. The number of ketones is 2. The van der Waals surface area contributed by atoms with Gasteiger partial charge in [-0.1, -0.05) is 6.42 Å². The summed E-state index contributed by atoms with van der Waals surface area (Å²) in [6, 6.07) is 7.09. The molecule has 0 aromatic heterocycles. The van der Waals surface area contributed by atoms with Gasteiger partial charge < -0.3 is 4.74 Å². The lowest BCUT2D eigenvalue weighted by Crippen LogP contribution is -2.27. The number of rotatable bonds is 4. The van der Waals surface area contributed by atoms with E-state index < -0.39 is 5.92 Å². The largest absolute Gasteiger partial charge is 0.491 e. The van der Waals surface area contributed by atoms with E-state index in [9.17, 15) is 9.59 Å². The molecule has 0 aliphatic heterocycles. The molecule has 0 heterocycles. The summed E-state index contributed by atoms with van der Waals surface area (Å²) in [6.07, 6.45) is 3.24. The zero-order valence-corrected chi connectivity index (χ0v) is 11.5. The summed E-state index contributed by atoms with van der Waals surface area (Å²) < 4.78 is 5.54. The third kappa shape index (κ3) is 3.43. The molecule has 1 aliphatic rings. The van der Waals surface area contributed by atoms with Gasteiger partial charge in [0.2, 0.25) is 0 Å². The van der Waals surface area contributed by atoms with Gasteiger partial charge in [-0.05, 0) is 51.0 Å². The third-order valence-corrected chi connectivity index (χ3v) is 3.38. The molecule has 1 aromatic carbocycles. The first kappa shape index (κ1) is 13.8. The summed E-state index contributed by atoms with van der Waals surface area (Å²) in [5.74, 6) is 0.381. The molecule has 0 saturated heterocycles. The lowest BCUT2D eigenvalue weighted by molar-refractivity contribution is -0.122. The summed E-state index contributed by atoms with van der Waals surface area (Å²) in [6.45, 7) is 3.92. The zero-order valence-electron chi connectivity index (χ0n) is 11.5. The van der Waals surface area contributed by atoms with Crippen LogP contribution in [0.25, 0.3) is 0 Å². The fourth-order valence-corrected chi connectivity index (χ4v) is 2.43. The van der Waals surface area contributed by atoms with E-state index in [1.807, 2.05) is 13.8 Å². The molecule has 1 fully saturated rings. The molecule has 1 saturated carbocycles. The summed E-state index contributed by atoms with van der Waals surface area (Å²) in [7, 11) is 0. The van der Waals surface area contributed by atoms with Crippen LogP contribution >= 0.6 is 0 Å². The normalized spacial score (nSPS) is 19.5. The maximum absolute atomic E-state index is 12.3. The van der Waals surface area contributed by atoms with Gasteiger partial charge in [0, 0.05) is 12.0 Å². The molecule has 0 bridgehead atoms. The predicted octanol–water partition coefficient (Wildman–Crippen LogP) is 3.42. The minimum absolute atomic E-state index is 0.0409. The second-order valence-electron chi connectivity index (χ2n) is 5.32. The van der Waals surface area contributed by atoms with Crippen molar-refractivity contribution in [3.05, 3.63) is 29.8 Å². The molecule has 0 spiro atoms. The first-order valence-electron chi connectivity index (χ1n) is 6.91. The lowest BCUT2D eigenvalue weighted by Gasteiger charge is -2.19. The molecule has 102 valence electrons. The average molecular weight is 260 g/mol. The van der Waals surface area contributed by atoms with Crippen molar-refractivity contribution in [3.63, 3.8) is 0 Å². The van der Waals surface area contributed by atoms with Gasteiger partial charge in [0.15, 0.2) is 5.78 Å². The zero-order chi connectivity index (χ0) is 13.8. The van der Waals surface area contributed by atoms with Crippen LogP contribution in [0.4, 0.5) is 0 Å². The van der Waals surface area contributed by atoms with E-state index in [0.717, 1.165) is 18.6 Å². The summed E-state index contributed by atoms with van der Waals surface area (Å²) in [5.41, 5.74) is 0.608. The molecule has 3 heteroatoms. The van der Waals surface area contributed by atoms with Crippen LogP contribution in [0, 0.1) is 5.92 Å². The fraction of sp³-hybridized carbons (Fsp3) is 0.500. The van der Waals surface area contributed by atoms with E-state index in [-0.39, 0.29) is 17.7 Å². The number of hydrogen-bond acceptors (Lipinski definition) is 3. The monoisotopic (exact) mass is 260 g/mol. The second-order valence-corrected chi connectivity index (χ2v) is 5.32. The van der Waals surface area contributed by atoms with Gasteiger partial charge in [-0.25, -0.2) is 0 Å². The van der Waals surface area contributed by atoms with Gasteiger partial charge in [-0.3, -0.25) is 9.59 Å². The Bertz CT molecular complexity index is 459. The van der Waals surface area contributed by atoms with Crippen LogP contribution in [0.5, 0.6) is 5.75 Å². The van der Waals surface area contributed by atoms with Gasteiger partial charge in [0.1, 0.15) is 11.5 Å². The van der Waals surface area contributed by atoms with Gasteiger partial charge >= 0.3 is 0 Å². The Hall–Kier alpha value is -1.64. The van der Waals surface area contributed by atoms with Crippen molar-refractivity contribution in [2.24, 2.45) is 5.92 Å². The van der Waals surface area contributed by atoms with Gasteiger partial charge in [0.05, 0.1) is 12.0 Å². The number of carbonyl (C=O) groups is 2. The Kier molecular flexibility index (Phi) is 4.35. The highest BCUT2D eigenvalue weighted by Crippen LogP contribution is 2.25. The first-order chi connectivity index (χ1) is 9.08. The minimum atomic E-state index is -0.425. The number of ether oxygens (including phenoxy) is 1. The van der Waals surface area contributed by atoms with Crippen molar-refractivity contribution < 1.29 is 14.3 Å². The van der Waals surface area contributed by atoms with Crippen LogP contribution in [0.2, 0.25) is 0 Å². The van der Waals surface area contributed by atoms with E-state index >= 15 is 0 Å². The van der Waals surface area contributed by atoms with Crippen molar-refractivity contribution in [1.29, 1.82) is 0 Å². The van der Waals surface area contributed by atoms with Crippen LogP contribution in [-0.2, 0) is 4.79 Å². The second kappa shape index (κ2) is 6.00. The first-order valence-corrected chi connectivity index (χ1v) is 6.91. The van der Waals surface area contributed by atoms with Crippen molar-refractivity contribution in [2.45, 2.75) is 45.6 Å². The molecule has 1 atom stereocenters. The van der Waals surface area contributed by atoms with Crippen LogP contribution in [0.1, 0.15) is 49.9 Å². The van der Waals surface area contributed by atoms with E-state index in [1.165, 1.54) is 0 Å². The van der Waals surface area contributed by atoms with Crippen LogP contribution in [0.15, 0.2) is 24.3 Å². The quantitative estimate of drug-likeness (QED) is 0.615. The van der Waals surface area contributed by atoms with Crippen molar-refractivity contribution in [3.8, 4) is 5.75 Å². The highest BCUT2D eigenvalue weighted by Gasteiger charge is 2.29. The number of benzene rings is 1. The van der Waals surface area contributed by atoms with Crippen molar-refractivity contribution in [2.75, 3.05) is 0 Å². The summed E-state index contributed by atoms with van der Waals surface area (Å²) >= 11 is 0. The molecule has 2 rings (SSSR count). The Morgan fingerprint density at radius 3 is 2.47 bits per heavy atom. The molecule has 19 heavy (non-hydrogen) atoms. The van der Waals surface area contributed by atoms with Gasteiger partial charge in [-0.2, -0.15) is 0 Å². The van der Waals surface area contributed by atoms with Gasteiger partial charge in [0.25, 0.3) is 0 Å². The lowest BCUT2D eigenvalue weighted by atomic mass is 9.83. The predicted molar refractivity (Wildman–Crippen MR) is 73.5 cm³/mol. The molecule has 1 aromatic rings. The number of Topliss-reactive ketones (excluding diaryl/α,β-unsaturated/α-hetero) is 2. The third-order valence-electron chi connectivity index (χ3n) is 3.38. The van der Waals surface area contributed by atoms with Crippen LogP contribution in [-0.4, -0.2) is 17.7 Å². The molecule has 0 radical (unpaired) electrons. The fourth-order valence-electron chi connectivity index (χ4n) is 2.43. The van der Waals surface area contributed by atoms with E-state index in [2.05, 4.69) is 0 Å². The van der Waals surface area contributed by atoms with Gasteiger partial charge in [-0.15, -0.1) is 0 Å².